The molecule has 15 heteroatoms. The largest absolute Gasteiger partial charge is 0.508 e. The van der Waals surface area contributed by atoms with Crippen molar-refractivity contribution in [3.05, 3.63) is 29.8 Å². The van der Waals surface area contributed by atoms with Crippen molar-refractivity contribution in [1.29, 1.82) is 0 Å². The van der Waals surface area contributed by atoms with Gasteiger partial charge in [0.1, 0.15) is 23.9 Å². The van der Waals surface area contributed by atoms with E-state index in [0.29, 0.717) is 5.56 Å². The van der Waals surface area contributed by atoms with Gasteiger partial charge in [0.05, 0.1) is 18.9 Å². The van der Waals surface area contributed by atoms with E-state index in [4.69, 9.17) is 15.9 Å². The number of carboxylic acid groups (broad SMARTS) is 3. The average molecular weight is 515 g/mol. The van der Waals surface area contributed by atoms with Crippen molar-refractivity contribution in [3.8, 4) is 5.75 Å². The molecule has 14 nitrogen and oxygen atoms in total. The van der Waals surface area contributed by atoms with Crippen molar-refractivity contribution in [1.82, 2.24) is 16.0 Å². The smallest absolute Gasteiger partial charge is 0.326 e. The molecule has 1 rings (SSSR count). The Hall–Kier alpha value is -3.85. The Kier molecular flexibility index (Phi) is 11.5. The molecule has 9 N–H and O–H groups in total. The molecule has 1 aromatic carbocycles. The van der Waals surface area contributed by atoms with Crippen molar-refractivity contribution >= 4 is 48.3 Å². The molecule has 0 aliphatic heterocycles. The van der Waals surface area contributed by atoms with E-state index in [2.05, 4.69) is 23.3 Å². The number of aliphatic carboxylic acids is 3. The Labute approximate surface area is 204 Å². The molecule has 0 saturated carbocycles. The summed E-state index contributed by atoms with van der Waals surface area (Å²) in [6.45, 7) is 0. The Morgan fingerprint density at radius 3 is 1.71 bits per heavy atom. The van der Waals surface area contributed by atoms with Gasteiger partial charge in [-0.25, -0.2) is 4.79 Å². The number of carbonyl (C=O) groups is 6. The molecule has 0 aliphatic rings. The molecule has 0 heterocycles. The predicted octanol–water partition coefficient (Wildman–Crippen LogP) is -2.32. The van der Waals surface area contributed by atoms with Crippen LogP contribution in [0.4, 0.5) is 0 Å². The lowest BCUT2D eigenvalue weighted by atomic mass is 10.0. The number of thiol groups is 1. The van der Waals surface area contributed by atoms with Crippen LogP contribution in [0.1, 0.15) is 18.4 Å². The molecule has 0 spiro atoms. The summed E-state index contributed by atoms with van der Waals surface area (Å²) < 4.78 is 0. The standard InChI is InChI=1S/C20H26N4O10S/c21-11(8-35)17(30)22-13(6-15(26)27)19(32)23-12(5-9-1-3-10(25)4-2-9)18(31)24-14(20(33)34)7-16(28)29/h1-4,11-14,25,35H,5-8,21H2,(H,22,30)(H,23,32)(H,24,31)(H,26,27)(H,28,29)(H,33,34). The zero-order chi connectivity index (χ0) is 26.7. The minimum Gasteiger partial charge on any atom is -0.508 e. The zero-order valence-electron chi connectivity index (χ0n) is 18.2. The molecule has 0 aliphatic carbocycles. The van der Waals surface area contributed by atoms with Crippen LogP contribution < -0.4 is 21.7 Å². The number of phenols is 1. The van der Waals surface area contributed by atoms with E-state index in [1.54, 1.807) is 0 Å². The van der Waals surface area contributed by atoms with Crippen LogP contribution in [0.5, 0.6) is 5.75 Å². The van der Waals surface area contributed by atoms with Crippen LogP contribution >= 0.6 is 12.6 Å². The number of rotatable bonds is 14. The number of hydrogen-bond acceptors (Lipinski definition) is 9. The van der Waals surface area contributed by atoms with Gasteiger partial charge < -0.3 is 42.1 Å². The van der Waals surface area contributed by atoms with Gasteiger partial charge in [0.25, 0.3) is 0 Å². The molecule has 0 saturated heterocycles. The van der Waals surface area contributed by atoms with Crippen molar-refractivity contribution in [2.75, 3.05) is 5.75 Å². The predicted molar refractivity (Wildman–Crippen MR) is 122 cm³/mol. The van der Waals surface area contributed by atoms with Gasteiger partial charge in [-0.2, -0.15) is 12.6 Å². The molecule has 4 unspecified atom stereocenters. The first-order valence-electron chi connectivity index (χ1n) is 10.1. The molecule has 3 amide bonds. The van der Waals surface area contributed by atoms with Crippen LogP contribution in [-0.2, 0) is 35.2 Å². The Morgan fingerprint density at radius 1 is 0.771 bits per heavy atom. The van der Waals surface area contributed by atoms with E-state index in [1.807, 2.05) is 5.32 Å². The first-order chi connectivity index (χ1) is 16.3. The molecule has 0 bridgehead atoms. The quantitative estimate of drug-likeness (QED) is 0.119. The second-order valence-electron chi connectivity index (χ2n) is 7.38. The number of aromatic hydroxyl groups is 1. The summed E-state index contributed by atoms with van der Waals surface area (Å²) in [6.07, 6.45) is -2.05. The minimum atomic E-state index is -1.82. The van der Waals surface area contributed by atoms with Crippen molar-refractivity contribution < 1.29 is 49.2 Å². The summed E-state index contributed by atoms with van der Waals surface area (Å²) in [5, 5.41) is 43.0. The Bertz CT molecular complexity index is 956. The van der Waals surface area contributed by atoms with Gasteiger partial charge in [0, 0.05) is 12.2 Å². The molecule has 192 valence electrons. The highest BCUT2D eigenvalue weighted by atomic mass is 32.1. The number of amides is 3. The summed E-state index contributed by atoms with van der Waals surface area (Å²) in [7, 11) is 0. The molecular formula is C20H26N4O10S. The van der Waals surface area contributed by atoms with Gasteiger partial charge in [-0.05, 0) is 17.7 Å². The van der Waals surface area contributed by atoms with E-state index in [1.165, 1.54) is 24.3 Å². The van der Waals surface area contributed by atoms with Crippen LogP contribution in [0.15, 0.2) is 24.3 Å². The van der Waals surface area contributed by atoms with Crippen molar-refractivity contribution in [2.45, 2.75) is 43.4 Å². The summed E-state index contributed by atoms with van der Waals surface area (Å²) in [5.41, 5.74) is 5.93. The maximum absolute atomic E-state index is 12.8. The summed E-state index contributed by atoms with van der Waals surface area (Å²) in [6, 6.07) is -0.699. The third kappa shape index (κ3) is 10.3. The van der Waals surface area contributed by atoms with Gasteiger partial charge in [-0.15, -0.1) is 0 Å². The normalized spacial score (nSPS) is 14.0. The second kappa shape index (κ2) is 13.8. The number of benzene rings is 1. The Morgan fingerprint density at radius 2 is 1.23 bits per heavy atom. The van der Waals surface area contributed by atoms with E-state index >= 15 is 0 Å². The van der Waals surface area contributed by atoms with E-state index in [9.17, 15) is 39.0 Å². The number of phenolic OH excluding ortho intramolecular Hbond substituents is 1. The fourth-order valence-corrected chi connectivity index (χ4v) is 2.91. The van der Waals surface area contributed by atoms with Crippen LogP contribution in [-0.4, -0.2) is 86.0 Å². The fourth-order valence-electron chi connectivity index (χ4n) is 2.74. The van der Waals surface area contributed by atoms with Gasteiger partial charge in [-0.1, -0.05) is 12.1 Å². The zero-order valence-corrected chi connectivity index (χ0v) is 19.1. The highest BCUT2D eigenvalue weighted by Gasteiger charge is 2.32. The summed E-state index contributed by atoms with van der Waals surface area (Å²) >= 11 is 3.85. The molecule has 35 heavy (non-hydrogen) atoms. The maximum Gasteiger partial charge on any atom is 0.326 e. The number of nitrogens with two attached hydrogens (primary N) is 1. The molecule has 4 atom stereocenters. The maximum atomic E-state index is 12.8. The third-order valence-corrected chi connectivity index (χ3v) is 4.94. The van der Waals surface area contributed by atoms with E-state index in [0.717, 1.165) is 0 Å². The molecule has 0 radical (unpaired) electrons. The van der Waals surface area contributed by atoms with Crippen LogP contribution in [0.3, 0.4) is 0 Å². The molecule has 0 aromatic heterocycles. The van der Waals surface area contributed by atoms with Crippen LogP contribution in [0.2, 0.25) is 0 Å². The number of carbonyl (C=O) groups excluding carboxylic acids is 3. The summed E-state index contributed by atoms with van der Waals surface area (Å²) in [5.74, 6) is -7.79. The van der Waals surface area contributed by atoms with Gasteiger partial charge in [0.15, 0.2) is 0 Å². The monoisotopic (exact) mass is 514 g/mol. The number of hydrogen-bond donors (Lipinski definition) is 9. The SMILES string of the molecule is NC(CS)C(=O)NC(CC(=O)O)C(=O)NC(Cc1ccc(O)cc1)C(=O)NC(CC(=O)O)C(=O)O. The van der Waals surface area contributed by atoms with Crippen LogP contribution in [0, 0.1) is 0 Å². The lowest BCUT2D eigenvalue weighted by Crippen LogP contribution is -2.58. The van der Waals surface area contributed by atoms with Gasteiger partial charge in [-0.3, -0.25) is 24.0 Å². The molecular weight excluding hydrogens is 488 g/mol. The highest BCUT2D eigenvalue weighted by molar-refractivity contribution is 7.80. The van der Waals surface area contributed by atoms with Gasteiger partial charge in [0.2, 0.25) is 17.7 Å². The van der Waals surface area contributed by atoms with Crippen molar-refractivity contribution in [3.63, 3.8) is 0 Å². The Balaban J connectivity index is 3.18. The van der Waals surface area contributed by atoms with Crippen molar-refractivity contribution in [2.24, 2.45) is 5.73 Å². The van der Waals surface area contributed by atoms with E-state index in [-0.39, 0.29) is 17.9 Å². The molecule has 1 aromatic rings. The first-order valence-corrected chi connectivity index (χ1v) is 10.7. The third-order valence-electron chi connectivity index (χ3n) is 4.55. The van der Waals surface area contributed by atoms with Gasteiger partial charge >= 0.3 is 17.9 Å². The van der Waals surface area contributed by atoms with E-state index < -0.39 is 72.6 Å². The summed E-state index contributed by atoms with van der Waals surface area (Å²) in [4.78, 5) is 71.1. The topological polar surface area (TPSA) is 245 Å². The second-order valence-corrected chi connectivity index (χ2v) is 7.74. The lowest BCUT2D eigenvalue weighted by molar-refractivity contribution is -0.147. The number of nitrogens with one attached hydrogen (secondary N) is 3. The minimum absolute atomic E-state index is 0.0871. The number of carboxylic acids is 3. The molecule has 0 fully saturated rings. The average Bonchev–Trinajstić information content (AvgIpc) is 2.77. The fraction of sp³-hybridized carbons (Fsp3) is 0.400. The highest BCUT2D eigenvalue weighted by Crippen LogP contribution is 2.12. The van der Waals surface area contributed by atoms with Crippen LogP contribution in [0.25, 0.3) is 0 Å². The lowest BCUT2D eigenvalue weighted by Gasteiger charge is -2.24. The first kappa shape index (κ1) is 29.2.